The third kappa shape index (κ3) is 7.07. The van der Waals surface area contributed by atoms with Crippen LogP contribution in [0.4, 0.5) is 5.69 Å². The highest BCUT2D eigenvalue weighted by Gasteiger charge is 2.22. The van der Waals surface area contributed by atoms with Gasteiger partial charge >= 0.3 is 0 Å². The van der Waals surface area contributed by atoms with Crippen molar-refractivity contribution in [2.24, 2.45) is 16.6 Å². The molecule has 0 saturated heterocycles. The first kappa shape index (κ1) is 20.7. The van der Waals surface area contributed by atoms with Crippen molar-refractivity contribution in [2.45, 2.75) is 52.0 Å². The zero-order valence-electron chi connectivity index (χ0n) is 14.4. The van der Waals surface area contributed by atoms with Gasteiger partial charge in [-0.3, -0.25) is 4.79 Å². The number of unbranched alkanes of at least 4 members (excludes halogenated alkanes) is 1. The zero-order chi connectivity index (χ0) is 16.5. The largest absolute Gasteiger partial charge is 0.370 e. The number of rotatable bonds is 7. The van der Waals surface area contributed by atoms with Crippen LogP contribution in [0.5, 0.6) is 0 Å². The number of carbonyl (C=O) groups is 1. The standard InChI is InChI=1S/C18H28N4O.HI/c1-2-3-11-20-18(19)21-13-14-7-6-10-16(12-14)22-17(23)15-8-4-5-9-15;/h6-7,10,12,15H,2-5,8-9,11,13H2,1H3,(H,22,23)(H3,19,20,21);1H. The Morgan fingerprint density at radius 1 is 1.33 bits per heavy atom. The number of amides is 1. The molecule has 1 amide bonds. The van der Waals surface area contributed by atoms with Crippen LogP contribution in [0.15, 0.2) is 29.3 Å². The summed E-state index contributed by atoms with van der Waals surface area (Å²) in [5.41, 5.74) is 7.71. The van der Waals surface area contributed by atoms with E-state index >= 15 is 0 Å². The highest BCUT2D eigenvalue weighted by Crippen LogP contribution is 2.26. The SMILES string of the molecule is CCCCNC(N)=NCc1cccc(NC(=O)C2CCCC2)c1.I. The summed E-state index contributed by atoms with van der Waals surface area (Å²) in [5, 5.41) is 6.12. The van der Waals surface area contributed by atoms with Crippen LogP contribution in [0.1, 0.15) is 51.0 Å². The molecule has 1 saturated carbocycles. The van der Waals surface area contributed by atoms with Gasteiger partial charge in [0.2, 0.25) is 5.91 Å². The molecule has 0 bridgehead atoms. The predicted molar refractivity (Wildman–Crippen MR) is 111 cm³/mol. The maximum Gasteiger partial charge on any atom is 0.227 e. The Morgan fingerprint density at radius 2 is 2.08 bits per heavy atom. The fraction of sp³-hybridized carbons (Fsp3) is 0.556. The van der Waals surface area contributed by atoms with Crippen LogP contribution in [-0.4, -0.2) is 18.4 Å². The van der Waals surface area contributed by atoms with Gasteiger partial charge in [-0.15, -0.1) is 24.0 Å². The average molecular weight is 444 g/mol. The van der Waals surface area contributed by atoms with Crippen molar-refractivity contribution in [3.05, 3.63) is 29.8 Å². The van der Waals surface area contributed by atoms with E-state index in [1.165, 1.54) is 0 Å². The molecule has 2 rings (SSSR count). The lowest BCUT2D eigenvalue weighted by atomic mass is 10.1. The van der Waals surface area contributed by atoms with E-state index in [4.69, 9.17) is 5.73 Å². The Hall–Kier alpha value is -1.31. The molecule has 6 heteroatoms. The summed E-state index contributed by atoms with van der Waals surface area (Å²) in [7, 11) is 0. The van der Waals surface area contributed by atoms with Crippen LogP contribution in [0.2, 0.25) is 0 Å². The van der Waals surface area contributed by atoms with Crippen LogP contribution in [0.25, 0.3) is 0 Å². The number of hydrogen-bond acceptors (Lipinski definition) is 2. The van der Waals surface area contributed by atoms with Crippen molar-refractivity contribution >= 4 is 41.5 Å². The maximum atomic E-state index is 12.2. The molecule has 1 fully saturated rings. The molecule has 0 unspecified atom stereocenters. The van der Waals surface area contributed by atoms with Crippen molar-refractivity contribution in [2.75, 3.05) is 11.9 Å². The van der Waals surface area contributed by atoms with Gasteiger partial charge in [0, 0.05) is 18.2 Å². The second-order valence-corrected chi connectivity index (χ2v) is 6.15. The summed E-state index contributed by atoms with van der Waals surface area (Å²) in [6.07, 6.45) is 6.56. The summed E-state index contributed by atoms with van der Waals surface area (Å²) < 4.78 is 0. The minimum Gasteiger partial charge on any atom is -0.370 e. The first-order valence-corrected chi connectivity index (χ1v) is 8.62. The van der Waals surface area contributed by atoms with E-state index in [0.717, 1.165) is 56.3 Å². The number of carbonyl (C=O) groups excluding carboxylic acids is 1. The van der Waals surface area contributed by atoms with Gasteiger partial charge in [-0.1, -0.05) is 38.3 Å². The highest BCUT2D eigenvalue weighted by molar-refractivity contribution is 14.0. The van der Waals surface area contributed by atoms with Crippen LogP contribution in [0.3, 0.4) is 0 Å². The molecule has 134 valence electrons. The Labute approximate surface area is 161 Å². The quantitative estimate of drug-likeness (QED) is 0.260. The van der Waals surface area contributed by atoms with Gasteiger partial charge in [0.05, 0.1) is 6.54 Å². The van der Waals surface area contributed by atoms with E-state index in [2.05, 4.69) is 22.5 Å². The predicted octanol–water partition coefficient (Wildman–Crippen LogP) is 3.64. The van der Waals surface area contributed by atoms with Gasteiger partial charge in [0.25, 0.3) is 0 Å². The fourth-order valence-electron chi connectivity index (χ4n) is 2.81. The normalized spacial score (nSPS) is 15.0. The van der Waals surface area contributed by atoms with E-state index < -0.39 is 0 Å². The number of halogens is 1. The minimum absolute atomic E-state index is 0. The summed E-state index contributed by atoms with van der Waals surface area (Å²) in [5.74, 6) is 0.790. The second kappa shape index (κ2) is 11.3. The lowest BCUT2D eigenvalue weighted by Gasteiger charge is -2.11. The Morgan fingerprint density at radius 3 is 2.79 bits per heavy atom. The fourth-order valence-corrected chi connectivity index (χ4v) is 2.81. The number of nitrogens with zero attached hydrogens (tertiary/aromatic N) is 1. The van der Waals surface area contributed by atoms with E-state index in [1.807, 2.05) is 24.3 Å². The van der Waals surface area contributed by atoms with Crippen molar-refractivity contribution in [1.29, 1.82) is 0 Å². The smallest absolute Gasteiger partial charge is 0.227 e. The summed E-state index contributed by atoms with van der Waals surface area (Å²) in [6, 6.07) is 7.82. The molecule has 1 aliphatic rings. The monoisotopic (exact) mass is 444 g/mol. The lowest BCUT2D eigenvalue weighted by molar-refractivity contribution is -0.119. The van der Waals surface area contributed by atoms with Crippen LogP contribution < -0.4 is 16.4 Å². The number of anilines is 1. The zero-order valence-corrected chi connectivity index (χ0v) is 16.7. The Balaban J connectivity index is 0.00000288. The van der Waals surface area contributed by atoms with Crippen LogP contribution in [0, 0.1) is 5.92 Å². The molecule has 0 spiro atoms. The maximum absolute atomic E-state index is 12.2. The summed E-state index contributed by atoms with van der Waals surface area (Å²) in [6.45, 7) is 3.50. The molecule has 1 aromatic carbocycles. The molecule has 0 aromatic heterocycles. The van der Waals surface area contributed by atoms with Gasteiger partial charge in [-0.2, -0.15) is 0 Å². The van der Waals surface area contributed by atoms with Gasteiger partial charge in [0.1, 0.15) is 0 Å². The van der Waals surface area contributed by atoms with E-state index in [0.29, 0.717) is 12.5 Å². The van der Waals surface area contributed by atoms with Gasteiger partial charge < -0.3 is 16.4 Å². The van der Waals surface area contributed by atoms with Crippen molar-refractivity contribution in [1.82, 2.24) is 5.32 Å². The molecule has 0 atom stereocenters. The summed E-state index contributed by atoms with van der Waals surface area (Å²) in [4.78, 5) is 16.5. The molecule has 0 heterocycles. The van der Waals surface area contributed by atoms with Gasteiger partial charge in [-0.05, 0) is 37.0 Å². The molecule has 24 heavy (non-hydrogen) atoms. The van der Waals surface area contributed by atoms with Crippen LogP contribution in [-0.2, 0) is 11.3 Å². The average Bonchev–Trinajstić information content (AvgIpc) is 3.08. The molecular formula is C18H29IN4O. The lowest BCUT2D eigenvalue weighted by Crippen LogP contribution is -2.32. The van der Waals surface area contributed by atoms with Crippen molar-refractivity contribution in [3.8, 4) is 0 Å². The molecule has 4 N–H and O–H groups in total. The molecule has 0 aliphatic heterocycles. The van der Waals surface area contributed by atoms with Crippen molar-refractivity contribution in [3.63, 3.8) is 0 Å². The van der Waals surface area contributed by atoms with E-state index in [-0.39, 0.29) is 35.8 Å². The molecule has 0 radical (unpaired) electrons. The second-order valence-electron chi connectivity index (χ2n) is 6.15. The topological polar surface area (TPSA) is 79.5 Å². The number of hydrogen-bond donors (Lipinski definition) is 3. The molecule has 1 aromatic rings. The molecule has 1 aliphatic carbocycles. The van der Waals surface area contributed by atoms with E-state index in [1.54, 1.807) is 0 Å². The molecular weight excluding hydrogens is 415 g/mol. The number of nitrogens with one attached hydrogen (secondary N) is 2. The Kier molecular flexibility index (Phi) is 9.75. The molecule has 5 nitrogen and oxygen atoms in total. The highest BCUT2D eigenvalue weighted by atomic mass is 127. The van der Waals surface area contributed by atoms with Crippen LogP contribution >= 0.6 is 24.0 Å². The Bertz CT molecular complexity index is 542. The first-order valence-electron chi connectivity index (χ1n) is 8.62. The number of aliphatic imine (C=N–C) groups is 1. The third-order valence-electron chi connectivity index (χ3n) is 4.19. The van der Waals surface area contributed by atoms with E-state index in [9.17, 15) is 4.79 Å². The number of benzene rings is 1. The third-order valence-corrected chi connectivity index (χ3v) is 4.19. The van der Waals surface area contributed by atoms with Crippen molar-refractivity contribution < 1.29 is 4.79 Å². The first-order chi connectivity index (χ1) is 11.2. The van der Waals surface area contributed by atoms with Gasteiger partial charge in [-0.25, -0.2) is 4.99 Å². The number of guanidine groups is 1. The summed E-state index contributed by atoms with van der Waals surface area (Å²) >= 11 is 0. The number of nitrogens with two attached hydrogens (primary N) is 1. The van der Waals surface area contributed by atoms with Gasteiger partial charge in [0.15, 0.2) is 5.96 Å². The minimum atomic E-state index is 0.